The van der Waals surface area contributed by atoms with Gasteiger partial charge in [-0.2, -0.15) is 0 Å². The molecule has 0 aliphatic carbocycles. The van der Waals surface area contributed by atoms with Gasteiger partial charge in [-0.1, -0.05) is 166 Å². The lowest BCUT2D eigenvalue weighted by Crippen LogP contribution is -2.05. The van der Waals surface area contributed by atoms with E-state index in [9.17, 15) is 4.57 Å². The highest BCUT2D eigenvalue weighted by Crippen LogP contribution is 2.36. The summed E-state index contributed by atoms with van der Waals surface area (Å²) >= 11 is 0. The van der Waals surface area contributed by atoms with E-state index in [4.69, 9.17) is 9.05 Å². The average Bonchev–Trinajstić information content (AvgIpc) is 3.02. The molecule has 0 bridgehead atoms. The topological polar surface area (TPSA) is 35.5 Å². The van der Waals surface area contributed by atoms with Crippen molar-refractivity contribution in [2.45, 2.75) is 168 Å². The van der Waals surface area contributed by atoms with Crippen LogP contribution in [0.4, 0.5) is 0 Å². The molecule has 2 rings (SSSR count). The first-order valence-corrected chi connectivity index (χ1v) is 18.6. The summed E-state index contributed by atoms with van der Waals surface area (Å²) in [6.07, 6.45) is 22.8. The Kier molecular flexibility index (Phi) is 20.8. The van der Waals surface area contributed by atoms with Crippen LogP contribution in [-0.4, -0.2) is 0 Å². The fraction of sp³-hybridized carbons (Fsp3) is 0.684. The second kappa shape index (κ2) is 23.9. The quantitative estimate of drug-likeness (QED) is 0.0799. The molecule has 0 aromatic heterocycles. The minimum absolute atomic E-state index is 0.336. The molecular weight excluding hydrogens is 535 g/mol. The molecule has 2 unspecified atom stereocenters. The Morgan fingerprint density at radius 3 is 1.26 bits per heavy atom. The van der Waals surface area contributed by atoms with E-state index < -0.39 is 8.25 Å². The number of unbranched alkanes of at least 4 members (excludes halogenated alkanes) is 10. The van der Waals surface area contributed by atoms with E-state index >= 15 is 0 Å². The number of benzene rings is 2. The second-order valence-corrected chi connectivity index (χ2v) is 13.2. The van der Waals surface area contributed by atoms with E-state index in [1.54, 1.807) is 0 Å². The van der Waals surface area contributed by atoms with Gasteiger partial charge in [0.15, 0.2) is 0 Å². The summed E-state index contributed by atoms with van der Waals surface area (Å²) in [7, 11) is -2.20. The first kappa shape index (κ1) is 36.7. The Morgan fingerprint density at radius 1 is 0.500 bits per heavy atom. The molecule has 236 valence electrons. The van der Waals surface area contributed by atoms with E-state index in [1.807, 2.05) is 0 Å². The van der Waals surface area contributed by atoms with Crippen LogP contribution >= 0.6 is 8.25 Å². The number of hydrogen-bond donors (Lipinski definition) is 0. The Morgan fingerprint density at radius 2 is 0.857 bits per heavy atom. The molecule has 0 aliphatic heterocycles. The van der Waals surface area contributed by atoms with Gasteiger partial charge in [0.1, 0.15) is 13.2 Å². The molecule has 2 aromatic carbocycles. The highest BCUT2D eigenvalue weighted by atomic mass is 31.1. The van der Waals surface area contributed by atoms with Crippen LogP contribution in [0.3, 0.4) is 0 Å². The summed E-state index contributed by atoms with van der Waals surface area (Å²) in [6, 6.07) is 17.2. The monoisotopic (exact) mass is 597 g/mol. The van der Waals surface area contributed by atoms with Crippen molar-refractivity contribution in [3.05, 3.63) is 70.8 Å². The van der Waals surface area contributed by atoms with Crippen LogP contribution < -0.4 is 0 Å². The summed E-state index contributed by atoms with van der Waals surface area (Å²) in [5.74, 6) is 1.08. The molecule has 0 amide bonds. The van der Waals surface area contributed by atoms with Crippen molar-refractivity contribution in [2.24, 2.45) is 0 Å². The molecule has 0 heterocycles. The minimum atomic E-state index is -2.20. The highest BCUT2D eigenvalue weighted by Gasteiger charge is 2.24. The number of rotatable bonds is 26. The van der Waals surface area contributed by atoms with E-state index in [0.29, 0.717) is 25.0 Å². The molecule has 4 heteroatoms. The standard InChI is InChI=1S/C38H62O3P/c1-5-9-13-15-17-25-33(23-11-7-3)37-29-21-19-27-35(37)31-40-42(39)41-32-36-28-20-22-30-38(36)34(24-12-8-4)26-18-16-14-10-6-2/h19-22,27-30,33-34H,5-18,23-26,31-32H2,1-4H3/q+1. The van der Waals surface area contributed by atoms with E-state index in [2.05, 4.69) is 76.2 Å². The van der Waals surface area contributed by atoms with Crippen molar-refractivity contribution in [1.29, 1.82) is 0 Å². The van der Waals surface area contributed by atoms with Crippen molar-refractivity contribution < 1.29 is 13.6 Å². The van der Waals surface area contributed by atoms with Crippen LogP contribution in [0.1, 0.15) is 177 Å². The molecule has 0 saturated heterocycles. The molecule has 2 atom stereocenters. The van der Waals surface area contributed by atoms with Crippen molar-refractivity contribution in [1.82, 2.24) is 0 Å². The third kappa shape index (κ3) is 14.8. The van der Waals surface area contributed by atoms with Gasteiger partial charge in [0, 0.05) is 4.57 Å². The SMILES string of the molecule is CCCCCCCC(CCCC)c1ccccc1CO[P+](=O)OCc1ccccc1C(CCCC)CCCCCCC. The van der Waals surface area contributed by atoms with Crippen molar-refractivity contribution in [3.8, 4) is 0 Å². The predicted molar refractivity (Wildman–Crippen MR) is 181 cm³/mol. The summed E-state index contributed by atoms with van der Waals surface area (Å²) in [5, 5.41) is 0. The Balaban J connectivity index is 1.98. The molecule has 0 saturated carbocycles. The zero-order chi connectivity index (χ0) is 30.3. The Hall–Kier alpha value is -1.54. The second-order valence-electron chi connectivity index (χ2n) is 12.3. The molecule has 2 aromatic rings. The van der Waals surface area contributed by atoms with E-state index in [-0.39, 0.29) is 0 Å². The molecular formula is C38H62O3P+. The zero-order valence-electron chi connectivity index (χ0n) is 27.6. The third-order valence-corrected chi connectivity index (χ3v) is 9.45. The Labute approximate surface area is 260 Å². The molecule has 42 heavy (non-hydrogen) atoms. The van der Waals surface area contributed by atoms with Crippen LogP contribution in [0, 0.1) is 0 Å². The number of hydrogen-bond acceptors (Lipinski definition) is 3. The van der Waals surface area contributed by atoms with Gasteiger partial charge in [-0.15, -0.1) is 9.05 Å². The molecule has 0 radical (unpaired) electrons. The van der Waals surface area contributed by atoms with E-state index in [1.165, 1.54) is 127 Å². The van der Waals surface area contributed by atoms with Crippen molar-refractivity contribution in [2.75, 3.05) is 0 Å². The fourth-order valence-corrected chi connectivity index (χ4v) is 6.77. The summed E-state index contributed by atoms with van der Waals surface area (Å²) < 4.78 is 24.7. The van der Waals surface area contributed by atoms with Gasteiger partial charge in [0.2, 0.25) is 0 Å². The van der Waals surface area contributed by atoms with Crippen molar-refractivity contribution >= 4 is 8.25 Å². The van der Waals surface area contributed by atoms with Gasteiger partial charge in [-0.05, 0) is 59.8 Å². The minimum Gasteiger partial charge on any atom is -0.114 e. The van der Waals surface area contributed by atoms with Gasteiger partial charge in [0.05, 0.1) is 0 Å². The maximum atomic E-state index is 12.9. The lowest BCUT2D eigenvalue weighted by Gasteiger charge is -2.20. The maximum Gasteiger partial charge on any atom is 0.698 e. The van der Waals surface area contributed by atoms with Gasteiger partial charge < -0.3 is 0 Å². The van der Waals surface area contributed by atoms with Crippen LogP contribution in [0.15, 0.2) is 48.5 Å². The maximum absolute atomic E-state index is 12.9. The molecule has 0 fully saturated rings. The highest BCUT2D eigenvalue weighted by molar-refractivity contribution is 7.33. The van der Waals surface area contributed by atoms with Gasteiger partial charge >= 0.3 is 8.25 Å². The zero-order valence-corrected chi connectivity index (χ0v) is 28.5. The largest absolute Gasteiger partial charge is 0.698 e. The lowest BCUT2D eigenvalue weighted by molar-refractivity contribution is 0.211. The lowest BCUT2D eigenvalue weighted by atomic mass is 9.86. The molecule has 0 spiro atoms. The van der Waals surface area contributed by atoms with Crippen LogP contribution in [-0.2, 0) is 26.8 Å². The smallest absolute Gasteiger partial charge is 0.114 e. The van der Waals surface area contributed by atoms with Crippen LogP contribution in [0.5, 0.6) is 0 Å². The van der Waals surface area contributed by atoms with Gasteiger partial charge in [-0.25, -0.2) is 0 Å². The molecule has 3 nitrogen and oxygen atoms in total. The van der Waals surface area contributed by atoms with Gasteiger partial charge in [0.25, 0.3) is 0 Å². The van der Waals surface area contributed by atoms with Crippen molar-refractivity contribution in [3.63, 3.8) is 0 Å². The Bertz CT molecular complexity index is 883. The molecule has 0 aliphatic rings. The summed E-state index contributed by atoms with van der Waals surface area (Å²) in [5.41, 5.74) is 5.05. The third-order valence-electron chi connectivity index (χ3n) is 8.77. The van der Waals surface area contributed by atoms with E-state index in [0.717, 1.165) is 11.1 Å². The predicted octanol–water partition coefficient (Wildman–Crippen LogP) is 13.3. The average molecular weight is 598 g/mol. The summed E-state index contributed by atoms with van der Waals surface area (Å²) in [4.78, 5) is 0. The fourth-order valence-electron chi connectivity index (χ4n) is 6.21. The summed E-state index contributed by atoms with van der Waals surface area (Å²) in [6.45, 7) is 9.76. The normalized spacial score (nSPS) is 13.3. The van der Waals surface area contributed by atoms with Crippen LogP contribution in [0.25, 0.3) is 0 Å². The molecule has 0 N–H and O–H groups in total. The van der Waals surface area contributed by atoms with Crippen LogP contribution in [0.2, 0.25) is 0 Å². The van der Waals surface area contributed by atoms with Gasteiger partial charge in [-0.3, -0.25) is 0 Å². The first-order valence-electron chi connectivity index (χ1n) is 17.5. The first-order chi connectivity index (χ1) is 20.6.